The zero-order valence-corrected chi connectivity index (χ0v) is 14.6. The van der Waals surface area contributed by atoms with E-state index >= 15 is 0 Å². The molecule has 0 bridgehead atoms. The van der Waals surface area contributed by atoms with E-state index in [-0.39, 0.29) is 11.9 Å². The third-order valence-corrected chi connectivity index (χ3v) is 4.17. The van der Waals surface area contributed by atoms with Crippen molar-refractivity contribution in [1.29, 1.82) is 0 Å². The largest absolute Gasteiger partial charge is 0.444 e. The zero-order chi connectivity index (χ0) is 17.3. The smallest absolute Gasteiger partial charge is 0.410 e. The van der Waals surface area contributed by atoms with Crippen LogP contribution in [-0.4, -0.2) is 48.8 Å². The number of amides is 1. The number of nitrogens with one attached hydrogen (secondary N) is 1. The molecule has 0 radical (unpaired) electrons. The summed E-state index contributed by atoms with van der Waals surface area (Å²) in [7, 11) is 0. The van der Waals surface area contributed by atoms with Gasteiger partial charge in [-0.05, 0) is 51.8 Å². The number of carbonyl (C=O) groups excluding carboxylic acids is 1. The molecule has 1 aromatic carbocycles. The van der Waals surface area contributed by atoms with E-state index in [1.165, 1.54) is 0 Å². The van der Waals surface area contributed by atoms with E-state index in [1.54, 1.807) is 11.0 Å². The van der Waals surface area contributed by atoms with Crippen LogP contribution in [0.1, 0.15) is 33.6 Å². The number of piperazine rings is 1. The number of nitrogens with zero attached hydrogens (tertiary/aromatic N) is 2. The monoisotopic (exact) mass is 335 g/mol. The number of hydrogen-bond donors (Lipinski definition) is 1. The van der Waals surface area contributed by atoms with E-state index in [1.807, 2.05) is 37.8 Å². The Hall–Kier alpha value is -1.98. The lowest BCUT2D eigenvalue weighted by atomic mass is 10.2. The Morgan fingerprint density at radius 2 is 1.88 bits per heavy atom. The number of rotatable bonds is 3. The summed E-state index contributed by atoms with van der Waals surface area (Å²) in [5.74, 6) is -0.216. The topological polar surface area (TPSA) is 44.8 Å². The lowest BCUT2D eigenvalue weighted by Gasteiger charge is -2.36. The van der Waals surface area contributed by atoms with Gasteiger partial charge in [0.2, 0.25) is 0 Å². The Bertz CT molecular complexity index is 603. The molecule has 1 amide bonds. The number of anilines is 2. The fourth-order valence-corrected chi connectivity index (χ4v) is 2.77. The van der Waals surface area contributed by atoms with Gasteiger partial charge in [-0.15, -0.1) is 0 Å². The van der Waals surface area contributed by atoms with E-state index in [9.17, 15) is 9.18 Å². The Morgan fingerprint density at radius 3 is 2.42 bits per heavy atom. The molecule has 2 fully saturated rings. The van der Waals surface area contributed by atoms with E-state index < -0.39 is 5.60 Å². The van der Waals surface area contributed by atoms with E-state index in [2.05, 4.69) is 5.32 Å². The normalized spacial score (nSPS) is 18.5. The summed E-state index contributed by atoms with van der Waals surface area (Å²) >= 11 is 0. The molecular weight excluding hydrogens is 309 g/mol. The van der Waals surface area contributed by atoms with E-state index in [0.717, 1.165) is 18.5 Å². The van der Waals surface area contributed by atoms with Crippen molar-refractivity contribution < 1.29 is 13.9 Å². The lowest BCUT2D eigenvalue weighted by molar-refractivity contribution is 0.0240. The second-order valence-electron chi connectivity index (χ2n) is 7.54. The Morgan fingerprint density at radius 1 is 1.21 bits per heavy atom. The summed E-state index contributed by atoms with van der Waals surface area (Å²) in [5, 5.41) is 3.30. The summed E-state index contributed by atoms with van der Waals surface area (Å²) < 4.78 is 19.8. The highest BCUT2D eigenvalue weighted by atomic mass is 19.1. The van der Waals surface area contributed by atoms with Crippen LogP contribution in [0.5, 0.6) is 0 Å². The van der Waals surface area contributed by atoms with Crippen LogP contribution in [0.25, 0.3) is 0 Å². The first kappa shape index (κ1) is 16.9. The molecule has 1 aliphatic carbocycles. The Kier molecular flexibility index (Phi) is 4.56. The van der Waals surface area contributed by atoms with Crippen molar-refractivity contribution in [2.45, 2.75) is 45.3 Å². The summed E-state index contributed by atoms with van der Waals surface area (Å²) in [4.78, 5) is 15.7. The molecule has 1 heterocycles. The number of benzene rings is 1. The fraction of sp³-hybridized carbons (Fsp3) is 0.611. The van der Waals surface area contributed by atoms with Crippen molar-refractivity contribution in [3.05, 3.63) is 24.0 Å². The minimum absolute atomic E-state index is 0.216. The van der Waals surface area contributed by atoms with Gasteiger partial charge in [-0.3, -0.25) is 0 Å². The molecule has 1 aromatic rings. The molecule has 0 spiro atoms. The second kappa shape index (κ2) is 6.49. The predicted octanol–water partition coefficient (Wildman–Crippen LogP) is 3.46. The first-order valence-corrected chi connectivity index (χ1v) is 8.61. The Labute approximate surface area is 142 Å². The summed E-state index contributed by atoms with van der Waals surface area (Å²) in [6.07, 6.45) is 2.03. The zero-order valence-electron chi connectivity index (χ0n) is 14.6. The molecule has 1 N–H and O–H groups in total. The van der Waals surface area contributed by atoms with Gasteiger partial charge < -0.3 is 19.9 Å². The van der Waals surface area contributed by atoms with Gasteiger partial charge in [-0.25, -0.2) is 9.18 Å². The van der Waals surface area contributed by atoms with Crippen LogP contribution in [0.3, 0.4) is 0 Å². The lowest BCUT2D eigenvalue weighted by Crippen LogP contribution is -2.50. The highest BCUT2D eigenvalue weighted by Crippen LogP contribution is 2.28. The third-order valence-electron chi connectivity index (χ3n) is 4.17. The Balaban J connectivity index is 1.57. The third kappa shape index (κ3) is 4.30. The second-order valence-corrected chi connectivity index (χ2v) is 7.54. The first-order chi connectivity index (χ1) is 11.3. The van der Waals surface area contributed by atoms with Gasteiger partial charge in [0, 0.05) is 37.9 Å². The van der Waals surface area contributed by atoms with Gasteiger partial charge >= 0.3 is 6.09 Å². The molecule has 24 heavy (non-hydrogen) atoms. The van der Waals surface area contributed by atoms with Gasteiger partial charge in [0.1, 0.15) is 11.4 Å². The number of halogens is 1. The van der Waals surface area contributed by atoms with Gasteiger partial charge in [-0.1, -0.05) is 0 Å². The van der Waals surface area contributed by atoms with Crippen LogP contribution in [-0.2, 0) is 4.74 Å². The quantitative estimate of drug-likeness (QED) is 0.919. The molecule has 6 heteroatoms. The standard InChI is InChI=1S/C18H26FN3O2/c1-18(2,3)24-17(23)22-10-8-21(9-11-22)16-7-6-14(12-15(16)19)20-13-4-5-13/h6-7,12-13,20H,4-5,8-11H2,1-3H3. The minimum Gasteiger partial charge on any atom is -0.444 e. The number of hydrogen-bond acceptors (Lipinski definition) is 4. The van der Waals surface area contributed by atoms with Gasteiger partial charge in [0.25, 0.3) is 0 Å². The number of ether oxygens (including phenoxy) is 1. The predicted molar refractivity (Wildman–Crippen MR) is 93.1 cm³/mol. The molecule has 0 atom stereocenters. The van der Waals surface area contributed by atoms with Crippen LogP contribution in [0.2, 0.25) is 0 Å². The van der Waals surface area contributed by atoms with E-state index in [0.29, 0.717) is 37.9 Å². The SMILES string of the molecule is CC(C)(C)OC(=O)N1CCN(c2ccc(NC3CC3)cc2F)CC1. The van der Waals surface area contributed by atoms with Crippen molar-refractivity contribution in [1.82, 2.24) is 4.90 Å². The molecule has 0 unspecified atom stereocenters. The fourth-order valence-electron chi connectivity index (χ4n) is 2.77. The van der Waals surface area contributed by atoms with Crippen LogP contribution < -0.4 is 10.2 Å². The maximum Gasteiger partial charge on any atom is 0.410 e. The van der Waals surface area contributed by atoms with Crippen molar-refractivity contribution in [2.75, 3.05) is 36.4 Å². The maximum atomic E-state index is 14.4. The molecule has 132 valence electrons. The molecule has 5 nitrogen and oxygen atoms in total. The number of carbonyl (C=O) groups is 1. The average molecular weight is 335 g/mol. The van der Waals surface area contributed by atoms with Crippen LogP contribution in [0.4, 0.5) is 20.6 Å². The summed E-state index contributed by atoms with van der Waals surface area (Å²) in [5.41, 5.74) is 0.941. The molecule has 1 aliphatic heterocycles. The summed E-state index contributed by atoms with van der Waals surface area (Å²) in [6, 6.07) is 5.82. The molecular formula is C18H26FN3O2. The summed E-state index contributed by atoms with van der Waals surface area (Å²) in [6.45, 7) is 7.85. The average Bonchev–Trinajstić information content (AvgIpc) is 3.30. The van der Waals surface area contributed by atoms with Crippen molar-refractivity contribution >= 4 is 17.5 Å². The maximum absolute atomic E-state index is 14.4. The van der Waals surface area contributed by atoms with Crippen molar-refractivity contribution in [3.8, 4) is 0 Å². The van der Waals surface area contributed by atoms with Gasteiger partial charge in [0.05, 0.1) is 5.69 Å². The molecule has 3 rings (SSSR count). The molecule has 1 saturated heterocycles. The molecule has 1 saturated carbocycles. The van der Waals surface area contributed by atoms with Crippen molar-refractivity contribution in [2.24, 2.45) is 0 Å². The highest BCUT2D eigenvalue weighted by molar-refractivity contribution is 5.68. The van der Waals surface area contributed by atoms with Gasteiger partial charge in [-0.2, -0.15) is 0 Å². The molecule has 0 aromatic heterocycles. The van der Waals surface area contributed by atoms with Crippen LogP contribution in [0.15, 0.2) is 18.2 Å². The van der Waals surface area contributed by atoms with Gasteiger partial charge in [0.15, 0.2) is 0 Å². The first-order valence-electron chi connectivity index (χ1n) is 8.61. The van der Waals surface area contributed by atoms with Crippen LogP contribution in [0, 0.1) is 5.82 Å². The highest BCUT2D eigenvalue weighted by Gasteiger charge is 2.27. The molecule has 2 aliphatic rings. The van der Waals surface area contributed by atoms with E-state index in [4.69, 9.17) is 4.74 Å². The minimum atomic E-state index is -0.495. The van der Waals surface area contributed by atoms with Crippen molar-refractivity contribution in [3.63, 3.8) is 0 Å². The van der Waals surface area contributed by atoms with Crippen LogP contribution >= 0.6 is 0 Å².